The number of aromatic amines is 1. The van der Waals surface area contributed by atoms with Crippen molar-refractivity contribution in [1.29, 1.82) is 0 Å². The molecule has 2 aromatic carbocycles. The van der Waals surface area contributed by atoms with Gasteiger partial charge >= 0.3 is 13.3 Å². The first kappa shape index (κ1) is 26.7. The van der Waals surface area contributed by atoms with Crippen molar-refractivity contribution in [3.05, 3.63) is 51.6 Å². The summed E-state index contributed by atoms with van der Waals surface area (Å²) >= 11 is 13.1. The van der Waals surface area contributed by atoms with E-state index in [2.05, 4.69) is 10.3 Å². The number of hydrogen-bond donors (Lipinski definition) is 2. The zero-order valence-corrected chi connectivity index (χ0v) is 22.9. The molecular formula is C26H28BCl2F3N2O3. The minimum absolute atomic E-state index is 0.124. The van der Waals surface area contributed by atoms with E-state index in [1.54, 1.807) is 30.3 Å². The van der Waals surface area contributed by atoms with Gasteiger partial charge < -0.3 is 24.3 Å². The van der Waals surface area contributed by atoms with Gasteiger partial charge in [-0.15, -0.1) is 0 Å². The highest BCUT2D eigenvalue weighted by atomic mass is 35.5. The predicted molar refractivity (Wildman–Crippen MR) is 140 cm³/mol. The highest BCUT2D eigenvalue weighted by Crippen LogP contribution is 2.46. The number of nitrogens with one attached hydrogen (secondary N) is 2. The highest BCUT2D eigenvalue weighted by molar-refractivity contribution is 6.63. The van der Waals surface area contributed by atoms with E-state index in [0.717, 1.165) is 0 Å². The lowest BCUT2D eigenvalue weighted by Crippen LogP contribution is -2.46. The third-order valence-corrected chi connectivity index (χ3v) is 8.17. The van der Waals surface area contributed by atoms with Crippen molar-refractivity contribution in [2.75, 3.05) is 6.54 Å². The summed E-state index contributed by atoms with van der Waals surface area (Å²) in [6.07, 6.45) is -4.43. The van der Waals surface area contributed by atoms with Crippen molar-refractivity contribution in [1.82, 2.24) is 10.3 Å². The van der Waals surface area contributed by atoms with Gasteiger partial charge in [-0.3, -0.25) is 0 Å². The van der Waals surface area contributed by atoms with Crippen LogP contribution in [0.25, 0.3) is 10.9 Å². The van der Waals surface area contributed by atoms with Crippen LogP contribution in [-0.4, -0.2) is 36.0 Å². The summed E-state index contributed by atoms with van der Waals surface area (Å²) in [6, 6.07) is 6.70. The number of fused-ring (bicyclic) bond motifs is 3. The average Bonchev–Trinajstić information content (AvgIpc) is 3.23. The van der Waals surface area contributed by atoms with Gasteiger partial charge in [-0.2, -0.15) is 13.2 Å². The summed E-state index contributed by atoms with van der Waals surface area (Å²) in [5.41, 5.74) is 0.408. The number of aromatic nitrogens is 1. The Bertz CT molecular complexity index is 1350. The first-order valence-corrected chi connectivity index (χ1v) is 12.7. The smallest absolute Gasteiger partial charge is 0.454 e. The molecule has 1 saturated heterocycles. The molecule has 0 radical (unpaired) electrons. The fourth-order valence-electron chi connectivity index (χ4n) is 4.94. The van der Waals surface area contributed by atoms with Gasteiger partial charge in [0.25, 0.3) is 0 Å². The standard InChI is InChI=1S/C26H28BCl2F3N2O3/c1-23(2)12-33-22(26(30,31)32)20-19(23)15-11-14(7-8-18(15)34-20)35-21-16(28)9-13(10-17(21)29)27-36-24(3,4)25(5,6)37-27/h7-11,22,33-34H,12H2,1-6H3. The van der Waals surface area contributed by atoms with Gasteiger partial charge in [0.2, 0.25) is 0 Å². The lowest BCUT2D eigenvalue weighted by molar-refractivity contribution is -0.160. The molecule has 0 amide bonds. The Morgan fingerprint density at radius 2 is 1.57 bits per heavy atom. The molecule has 1 aromatic heterocycles. The molecule has 1 unspecified atom stereocenters. The lowest BCUT2D eigenvalue weighted by atomic mass is 9.78. The van der Waals surface area contributed by atoms with Crippen molar-refractivity contribution >= 4 is 46.7 Å². The first-order chi connectivity index (χ1) is 17.0. The fraction of sp³-hybridized carbons (Fsp3) is 0.462. The topological polar surface area (TPSA) is 55.5 Å². The summed E-state index contributed by atoms with van der Waals surface area (Å²) in [5, 5.41) is 3.81. The fourth-order valence-corrected chi connectivity index (χ4v) is 5.52. The minimum atomic E-state index is -4.43. The van der Waals surface area contributed by atoms with E-state index in [9.17, 15) is 13.2 Å². The number of rotatable bonds is 3. The second-order valence-electron chi connectivity index (χ2n) is 11.4. The van der Waals surface area contributed by atoms with Gasteiger partial charge in [-0.05, 0) is 69.1 Å². The molecule has 2 aliphatic rings. The van der Waals surface area contributed by atoms with E-state index < -0.39 is 36.0 Å². The molecule has 198 valence electrons. The molecule has 11 heteroatoms. The van der Waals surface area contributed by atoms with Gasteiger partial charge in [0.15, 0.2) is 5.75 Å². The van der Waals surface area contributed by atoms with Crippen molar-refractivity contribution in [3.8, 4) is 11.5 Å². The Morgan fingerprint density at radius 3 is 2.14 bits per heavy atom. The Hall–Kier alpha value is -1.91. The van der Waals surface area contributed by atoms with Crippen LogP contribution in [0, 0.1) is 0 Å². The molecule has 1 atom stereocenters. The zero-order chi connectivity index (χ0) is 27.1. The normalized spacial score (nSPS) is 22.4. The van der Waals surface area contributed by atoms with Gasteiger partial charge in [0.1, 0.15) is 11.8 Å². The van der Waals surface area contributed by atoms with E-state index in [4.69, 9.17) is 37.2 Å². The molecule has 1 fully saturated rings. The number of H-pyrrole nitrogens is 1. The van der Waals surface area contributed by atoms with Crippen LogP contribution in [0.15, 0.2) is 30.3 Å². The van der Waals surface area contributed by atoms with E-state index in [-0.39, 0.29) is 28.0 Å². The number of halogens is 5. The van der Waals surface area contributed by atoms with Crippen LogP contribution in [0.4, 0.5) is 13.2 Å². The Labute approximate surface area is 224 Å². The van der Waals surface area contributed by atoms with Crippen molar-refractivity contribution in [2.24, 2.45) is 0 Å². The summed E-state index contributed by atoms with van der Waals surface area (Å²) in [6.45, 7) is 11.8. The number of benzene rings is 2. The molecule has 0 saturated carbocycles. The van der Waals surface area contributed by atoms with Gasteiger partial charge in [-0.25, -0.2) is 0 Å². The quantitative estimate of drug-likeness (QED) is 0.341. The van der Waals surface area contributed by atoms with Gasteiger partial charge in [-0.1, -0.05) is 37.0 Å². The molecule has 3 heterocycles. The second kappa shape index (κ2) is 8.55. The summed E-state index contributed by atoms with van der Waals surface area (Å²) < 4.78 is 59.5. The SMILES string of the molecule is CC1(C)CNC(C(F)(F)F)c2[nH]c3ccc(Oc4c(Cl)cc(B5OC(C)(C)C(C)(C)O5)cc4Cl)cc3c21. The number of ether oxygens (including phenoxy) is 1. The largest absolute Gasteiger partial charge is 0.494 e. The van der Waals surface area contributed by atoms with Crippen molar-refractivity contribution in [2.45, 2.75) is 70.4 Å². The number of hydrogen-bond acceptors (Lipinski definition) is 4. The first-order valence-electron chi connectivity index (χ1n) is 12.0. The van der Waals surface area contributed by atoms with Crippen molar-refractivity contribution < 1.29 is 27.2 Å². The second-order valence-corrected chi connectivity index (χ2v) is 12.2. The summed E-state index contributed by atoms with van der Waals surface area (Å²) in [5.74, 6) is 0.640. The van der Waals surface area contributed by atoms with Gasteiger partial charge in [0, 0.05) is 28.6 Å². The van der Waals surface area contributed by atoms with Crippen LogP contribution in [0.5, 0.6) is 11.5 Å². The highest BCUT2D eigenvalue weighted by Gasteiger charge is 2.52. The zero-order valence-electron chi connectivity index (χ0n) is 21.4. The van der Waals surface area contributed by atoms with E-state index in [1.807, 2.05) is 41.5 Å². The molecule has 5 nitrogen and oxygen atoms in total. The maximum absolute atomic E-state index is 13.7. The minimum Gasteiger partial charge on any atom is -0.454 e. The van der Waals surface area contributed by atoms with Crippen molar-refractivity contribution in [3.63, 3.8) is 0 Å². The van der Waals surface area contributed by atoms with Gasteiger partial charge in [0.05, 0.1) is 21.2 Å². The molecule has 2 N–H and O–H groups in total. The Morgan fingerprint density at radius 1 is 0.973 bits per heavy atom. The van der Waals surface area contributed by atoms with E-state index in [1.165, 1.54) is 0 Å². The number of alkyl halides is 3. The van der Waals surface area contributed by atoms with Crippen LogP contribution in [0.1, 0.15) is 58.8 Å². The van der Waals surface area contributed by atoms with E-state index in [0.29, 0.717) is 27.7 Å². The molecule has 2 aliphatic heterocycles. The molecule has 37 heavy (non-hydrogen) atoms. The lowest BCUT2D eigenvalue weighted by Gasteiger charge is -2.36. The molecule has 3 aromatic rings. The van der Waals surface area contributed by atoms with Crippen LogP contribution in [0.2, 0.25) is 10.0 Å². The third-order valence-electron chi connectivity index (χ3n) is 7.61. The third kappa shape index (κ3) is 4.53. The van der Waals surface area contributed by atoms with Crippen LogP contribution in [-0.2, 0) is 14.7 Å². The molecule has 5 rings (SSSR count). The molecular weight excluding hydrogens is 527 g/mol. The summed E-state index contributed by atoms with van der Waals surface area (Å²) in [7, 11) is -0.644. The van der Waals surface area contributed by atoms with Crippen LogP contribution in [0.3, 0.4) is 0 Å². The predicted octanol–water partition coefficient (Wildman–Crippen LogP) is 7.05. The van der Waals surface area contributed by atoms with E-state index >= 15 is 0 Å². The monoisotopic (exact) mass is 554 g/mol. The Balaban J connectivity index is 1.49. The Kier molecular flexibility index (Phi) is 6.17. The maximum atomic E-state index is 13.7. The van der Waals surface area contributed by atoms with Crippen LogP contribution < -0.4 is 15.5 Å². The maximum Gasteiger partial charge on any atom is 0.494 e. The summed E-state index contributed by atoms with van der Waals surface area (Å²) in [4.78, 5) is 2.98. The van der Waals surface area contributed by atoms with Crippen LogP contribution >= 0.6 is 23.2 Å². The molecule has 0 bridgehead atoms. The molecule has 0 aliphatic carbocycles. The molecule has 0 spiro atoms. The average molecular weight is 555 g/mol.